The van der Waals surface area contributed by atoms with Crippen LogP contribution in [0.1, 0.15) is 18.4 Å². The van der Waals surface area contributed by atoms with Gasteiger partial charge in [-0.1, -0.05) is 5.16 Å². The SMILES string of the molecule is CON=C(C(=O)NC1C(=O)N2C(C(=O)O)=C(c3nc(NC(C)=O)n[nH]3)CS[C@@H]12)c1csc(N)n1. The number of aromatic amines is 1. The van der Waals surface area contributed by atoms with Crippen LogP contribution in [0.15, 0.2) is 16.2 Å². The van der Waals surface area contributed by atoms with Crippen molar-refractivity contribution in [3.8, 4) is 0 Å². The Morgan fingerprint density at radius 3 is 2.76 bits per heavy atom. The molecule has 2 atom stereocenters. The maximum absolute atomic E-state index is 12.9. The van der Waals surface area contributed by atoms with Crippen LogP contribution in [0.25, 0.3) is 5.57 Å². The number of aromatic nitrogens is 4. The van der Waals surface area contributed by atoms with E-state index in [-0.39, 0.29) is 45.3 Å². The Hall–Kier alpha value is -3.99. The largest absolute Gasteiger partial charge is 0.477 e. The highest BCUT2D eigenvalue weighted by atomic mass is 32.2. The second kappa shape index (κ2) is 9.10. The lowest BCUT2D eigenvalue weighted by atomic mass is 10.0. The van der Waals surface area contributed by atoms with Gasteiger partial charge in [0, 0.05) is 23.6 Å². The van der Waals surface area contributed by atoms with Gasteiger partial charge in [0.25, 0.3) is 11.8 Å². The molecule has 0 aliphatic carbocycles. The zero-order valence-corrected chi connectivity index (χ0v) is 19.2. The number of oxime groups is 1. The Labute approximate surface area is 198 Å². The Morgan fingerprint density at radius 2 is 2.15 bits per heavy atom. The van der Waals surface area contributed by atoms with Gasteiger partial charge in [-0.25, -0.2) is 9.78 Å². The number of carboxylic acids is 1. The van der Waals surface area contributed by atoms with E-state index >= 15 is 0 Å². The number of nitrogens with one attached hydrogen (secondary N) is 3. The van der Waals surface area contributed by atoms with Crippen molar-refractivity contribution in [1.82, 2.24) is 30.4 Å². The number of amides is 3. The number of carbonyl (C=O) groups is 4. The zero-order valence-electron chi connectivity index (χ0n) is 17.6. The van der Waals surface area contributed by atoms with Gasteiger partial charge in [-0.3, -0.25) is 29.7 Å². The number of nitrogens with two attached hydrogens (primary N) is 1. The number of nitrogen functional groups attached to an aromatic ring is 1. The Balaban J connectivity index is 1.56. The summed E-state index contributed by atoms with van der Waals surface area (Å²) in [6, 6.07) is -1.00. The van der Waals surface area contributed by atoms with Crippen molar-refractivity contribution in [3.63, 3.8) is 0 Å². The normalized spacial score (nSPS) is 19.9. The third-order valence-corrected chi connectivity index (χ3v) is 6.63. The van der Waals surface area contributed by atoms with Gasteiger partial charge in [-0.15, -0.1) is 28.2 Å². The highest BCUT2D eigenvalue weighted by molar-refractivity contribution is 8.00. The minimum absolute atomic E-state index is 0.0282. The van der Waals surface area contributed by atoms with Gasteiger partial charge in [-0.05, 0) is 0 Å². The lowest BCUT2D eigenvalue weighted by Crippen LogP contribution is -2.71. The molecule has 4 rings (SSSR count). The van der Waals surface area contributed by atoms with Gasteiger partial charge in [0.15, 0.2) is 16.7 Å². The Morgan fingerprint density at radius 1 is 1.38 bits per heavy atom. The van der Waals surface area contributed by atoms with E-state index in [1.54, 1.807) is 0 Å². The van der Waals surface area contributed by atoms with Gasteiger partial charge in [0.1, 0.15) is 29.9 Å². The first-order valence-corrected chi connectivity index (χ1v) is 11.4. The van der Waals surface area contributed by atoms with E-state index in [1.165, 1.54) is 31.2 Å². The summed E-state index contributed by atoms with van der Waals surface area (Å²) in [5, 5.41) is 25.9. The molecule has 0 radical (unpaired) electrons. The van der Waals surface area contributed by atoms with E-state index in [0.29, 0.717) is 0 Å². The Kier molecular flexibility index (Phi) is 6.20. The minimum atomic E-state index is -1.35. The third kappa shape index (κ3) is 4.17. The first-order chi connectivity index (χ1) is 16.2. The summed E-state index contributed by atoms with van der Waals surface area (Å²) in [6.45, 7) is 1.28. The second-order valence-corrected chi connectivity index (χ2v) is 8.87. The number of rotatable bonds is 7. The molecule has 2 aliphatic rings. The lowest BCUT2D eigenvalue weighted by Gasteiger charge is -2.49. The lowest BCUT2D eigenvalue weighted by molar-refractivity contribution is -0.149. The number of thioether (sulfide) groups is 1. The van der Waals surface area contributed by atoms with Gasteiger partial charge in [-0.2, -0.15) is 4.98 Å². The van der Waals surface area contributed by atoms with Crippen LogP contribution in [-0.2, 0) is 24.0 Å². The van der Waals surface area contributed by atoms with E-state index in [0.717, 1.165) is 16.2 Å². The Bertz CT molecular complexity index is 1250. The zero-order chi connectivity index (χ0) is 24.6. The first kappa shape index (κ1) is 23.2. The van der Waals surface area contributed by atoms with E-state index in [4.69, 9.17) is 10.6 Å². The molecule has 17 heteroatoms. The van der Waals surface area contributed by atoms with Crippen LogP contribution in [0.3, 0.4) is 0 Å². The number of β-lactam (4-membered cyclic amide) rings is 1. The first-order valence-electron chi connectivity index (χ1n) is 9.46. The number of hydrogen-bond acceptors (Lipinski definition) is 12. The summed E-state index contributed by atoms with van der Waals surface area (Å²) in [5.41, 5.74) is 5.54. The van der Waals surface area contributed by atoms with Crippen LogP contribution in [0.2, 0.25) is 0 Å². The van der Waals surface area contributed by atoms with Crippen molar-refractivity contribution in [3.05, 3.63) is 22.6 Å². The highest BCUT2D eigenvalue weighted by Crippen LogP contribution is 2.42. The summed E-state index contributed by atoms with van der Waals surface area (Å²) in [4.78, 5) is 62.8. The van der Waals surface area contributed by atoms with Crippen molar-refractivity contribution >= 4 is 69.2 Å². The quantitative estimate of drug-likeness (QED) is 0.175. The van der Waals surface area contributed by atoms with Crippen LogP contribution in [0.4, 0.5) is 11.1 Å². The molecule has 2 aromatic rings. The van der Waals surface area contributed by atoms with E-state index < -0.39 is 35.1 Å². The number of nitrogens with zero attached hydrogens (tertiary/aromatic N) is 5. The molecule has 2 aromatic heterocycles. The van der Waals surface area contributed by atoms with E-state index in [2.05, 4.69) is 36.0 Å². The van der Waals surface area contributed by atoms with Crippen LogP contribution >= 0.6 is 23.1 Å². The smallest absolute Gasteiger partial charge is 0.353 e. The fraction of sp³-hybridized carbons (Fsp3) is 0.294. The van der Waals surface area contributed by atoms with Crippen LogP contribution in [-0.4, -0.2) is 83.9 Å². The van der Waals surface area contributed by atoms with Crippen LogP contribution in [0, 0.1) is 0 Å². The van der Waals surface area contributed by atoms with Crippen molar-refractivity contribution in [2.45, 2.75) is 18.3 Å². The molecule has 0 spiro atoms. The monoisotopic (exact) mass is 507 g/mol. The minimum Gasteiger partial charge on any atom is -0.477 e. The molecule has 2 aliphatic heterocycles. The molecule has 0 saturated carbocycles. The van der Waals surface area contributed by atoms with Crippen LogP contribution < -0.4 is 16.4 Å². The molecule has 178 valence electrons. The maximum atomic E-state index is 12.9. The molecular formula is C17H17N9O6S2. The number of thiazole rings is 1. The van der Waals surface area contributed by atoms with Crippen LogP contribution in [0.5, 0.6) is 0 Å². The molecule has 1 unspecified atom stereocenters. The van der Waals surface area contributed by atoms with Crippen molar-refractivity contribution in [2.75, 3.05) is 23.9 Å². The second-order valence-electron chi connectivity index (χ2n) is 6.88. The number of fused-ring (bicyclic) bond motifs is 1. The van der Waals surface area contributed by atoms with Gasteiger partial charge in [0.05, 0.1) is 0 Å². The molecule has 4 heterocycles. The fourth-order valence-electron chi connectivity index (χ4n) is 3.31. The molecule has 34 heavy (non-hydrogen) atoms. The molecule has 0 aromatic carbocycles. The summed E-state index contributed by atoms with van der Waals surface area (Å²) < 4.78 is 0. The van der Waals surface area contributed by atoms with Gasteiger partial charge < -0.3 is 21.0 Å². The molecule has 1 fully saturated rings. The maximum Gasteiger partial charge on any atom is 0.353 e. The van der Waals surface area contributed by atoms with Crippen molar-refractivity contribution in [1.29, 1.82) is 0 Å². The summed E-state index contributed by atoms with van der Waals surface area (Å²) in [6.07, 6.45) is 0. The number of carboxylic acid groups (broad SMARTS) is 1. The van der Waals surface area contributed by atoms with E-state index in [1.807, 2.05) is 0 Å². The van der Waals surface area contributed by atoms with Crippen molar-refractivity contribution < 1.29 is 29.1 Å². The predicted molar refractivity (Wildman–Crippen MR) is 120 cm³/mol. The molecule has 1 saturated heterocycles. The fourth-order valence-corrected chi connectivity index (χ4v) is 5.21. The summed E-state index contributed by atoms with van der Waals surface area (Å²) in [7, 11) is 1.25. The number of hydrogen-bond donors (Lipinski definition) is 5. The molecule has 15 nitrogen and oxygen atoms in total. The average molecular weight is 508 g/mol. The topological polar surface area (TPSA) is 218 Å². The predicted octanol–water partition coefficient (Wildman–Crippen LogP) is -0.952. The van der Waals surface area contributed by atoms with Gasteiger partial charge in [0.2, 0.25) is 11.9 Å². The average Bonchev–Trinajstić information content (AvgIpc) is 3.42. The summed E-state index contributed by atoms with van der Waals surface area (Å²) in [5.74, 6) is -2.88. The van der Waals surface area contributed by atoms with Gasteiger partial charge >= 0.3 is 5.97 Å². The number of anilines is 2. The van der Waals surface area contributed by atoms with Crippen molar-refractivity contribution in [2.24, 2.45) is 5.16 Å². The summed E-state index contributed by atoms with van der Waals surface area (Å²) >= 11 is 2.33. The molecule has 0 bridgehead atoms. The molecular weight excluding hydrogens is 490 g/mol. The highest BCUT2D eigenvalue weighted by Gasteiger charge is 2.55. The number of carbonyl (C=O) groups excluding carboxylic acids is 3. The standard InChI is InChI=1S/C17H17N9O6S2/c1-5(27)19-17-22-11(23-24-17)6-3-33-14-9(13(29)26(14)10(6)15(30)31)21-12(28)8(25-32-2)7-4-34-16(18)20-7/h4,9,14H,3H2,1-2H3,(H2,18,20)(H,21,28)(H,30,31)(H2,19,22,23,24,27)/t9?,14-/m0/s1. The third-order valence-electron chi connectivity index (χ3n) is 4.68. The molecule has 3 amide bonds. The number of aliphatic carboxylic acids is 1. The van der Waals surface area contributed by atoms with E-state index in [9.17, 15) is 24.3 Å². The number of H-pyrrole nitrogens is 1. The molecule has 6 N–H and O–H groups in total.